The standard InChI is InChI=1S/C16H19BrN2O2/c1-4-19(16-7-5-6-15(17)18-16)11-12-8-9-13(20-2)10-14(12)21-3/h5-10H,4,11H2,1-3H3. The number of pyridine rings is 1. The Balaban J connectivity index is 2.26. The van der Waals surface area contributed by atoms with Crippen molar-refractivity contribution < 1.29 is 9.47 Å². The van der Waals surface area contributed by atoms with Crippen LogP contribution in [0.5, 0.6) is 11.5 Å². The van der Waals surface area contributed by atoms with Crippen LogP contribution in [0.1, 0.15) is 12.5 Å². The summed E-state index contributed by atoms with van der Waals surface area (Å²) in [6.07, 6.45) is 0. The molecule has 0 aliphatic carbocycles. The van der Waals surface area contributed by atoms with E-state index in [9.17, 15) is 0 Å². The monoisotopic (exact) mass is 350 g/mol. The molecule has 0 saturated carbocycles. The van der Waals surface area contributed by atoms with Crippen LogP contribution < -0.4 is 14.4 Å². The Hall–Kier alpha value is -1.75. The summed E-state index contributed by atoms with van der Waals surface area (Å²) < 4.78 is 11.5. The van der Waals surface area contributed by atoms with Crippen molar-refractivity contribution in [2.24, 2.45) is 0 Å². The third-order valence-electron chi connectivity index (χ3n) is 3.26. The van der Waals surface area contributed by atoms with Crippen molar-refractivity contribution in [1.29, 1.82) is 0 Å². The van der Waals surface area contributed by atoms with Gasteiger partial charge in [0.2, 0.25) is 0 Å². The minimum absolute atomic E-state index is 0.729. The van der Waals surface area contributed by atoms with E-state index in [1.165, 1.54) is 0 Å². The molecule has 2 rings (SSSR count). The normalized spacial score (nSPS) is 10.3. The summed E-state index contributed by atoms with van der Waals surface area (Å²) in [5, 5.41) is 0. The number of hydrogen-bond donors (Lipinski definition) is 0. The number of ether oxygens (including phenoxy) is 2. The van der Waals surface area contributed by atoms with Crippen molar-refractivity contribution >= 4 is 21.7 Å². The quantitative estimate of drug-likeness (QED) is 0.740. The van der Waals surface area contributed by atoms with E-state index in [4.69, 9.17) is 9.47 Å². The first kappa shape index (κ1) is 15.6. The fourth-order valence-corrected chi connectivity index (χ4v) is 2.45. The minimum atomic E-state index is 0.729. The lowest BCUT2D eigenvalue weighted by atomic mass is 10.1. The van der Waals surface area contributed by atoms with Crippen LogP contribution in [0.15, 0.2) is 41.0 Å². The van der Waals surface area contributed by atoms with E-state index in [0.717, 1.165) is 40.6 Å². The topological polar surface area (TPSA) is 34.6 Å². The molecule has 0 fully saturated rings. The highest BCUT2D eigenvalue weighted by molar-refractivity contribution is 9.10. The van der Waals surface area contributed by atoms with Crippen LogP contribution >= 0.6 is 15.9 Å². The van der Waals surface area contributed by atoms with Gasteiger partial charge in [0.1, 0.15) is 21.9 Å². The largest absolute Gasteiger partial charge is 0.497 e. The second-order valence-electron chi connectivity index (χ2n) is 4.51. The van der Waals surface area contributed by atoms with Gasteiger partial charge < -0.3 is 14.4 Å². The third-order valence-corrected chi connectivity index (χ3v) is 3.70. The molecule has 0 amide bonds. The Kier molecular flexibility index (Phi) is 5.44. The Morgan fingerprint density at radius 1 is 1.14 bits per heavy atom. The summed E-state index contributed by atoms with van der Waals surface area (Å²) in [6, 6.07) is 11.8. The molecule has 21 heavy (non-hydrogen) atoms. The van der Waals surface area contributed by atoms with Crippen LogP contribution in [-0.4, -0.2) is 25.7 Å². The van der Waals surface area contributed by atoms with Gasteiger partial charge in [-0.1, -0.05) is 6.07 Å². The fraction of sp³-hybridized carbons (Fsp3) is 0.312. The van der Waals surface area contributed by atoms with Crippen LogP contribution in [0.4, 0.5) is 5.82 Å². The highest BCUT2D eigenvalue weighted by Crippen LogP contribution is 2.27. The maximum absolute atomic E-state index is 5.46. The fourth-order valence-electron chi connectivity index (χ4n) is 2.12. The molecule has 1 heterocycles. The van der Waals surface area contributed by atoms with Gasteiger partial charge in [-0.25, -0.2) is 4.98 Å². The van der Waals surface area contributed by atoms with Gasteiger partial charge in [-0.2, -0.15) is 0 Å². The van der Waals surface area contributed by atoms with Crippen LogP contribution in [0, 0.1) is 0 Å². The Labute approximate surface area is 133 Å². The number of nitrogens with zero attached hydrogens (tertiary/aromatic N) is 2. The zero-order valence-electron chi connectivity index (χ0n) is 12.5. The van der Waals surface area contributed by atoms with E-state index in [0.29, 0.717) is 0 Å². The highest BCUT2D eigenvalue weighted by Gasteiger charge is 2.11. The van der Waals surface area contributed by atoms with Gasteiger partial charge >= 0.3 is 0 Å². The predicted octanol–water partition coefficient (Wildman–Crippen LogP) is 3.89. The minimum Gasteiger partial charge on any atom is -0.497 e. The Morgan fingerprint density at radius 2 is 1.95 bits per heavy atom. The average Bonchev–Trinajstić information content (AvgIpc) is 2.52. The van der Waals surface area contributed by atoms with Crippen LogP contribution in [0.25, 0.3) is 0 Å². The van der Waals surface area contributed by atoms with E-state index in [2.05, 4.69) is 32.7 Å². The first-order valence-electron chi connectivity index (χ1n) is 6.76. The maximum Gasteiger partial charge on any atom is 0.130 e. The van der Waals surface area contributed by atoms with Crippen LogP contribution in [0.3, 0.4) is 0 Å². The number of benzene rings is 1. The first-order valence-corrected chi connectivity index (χ1v) is 7.55. The molecular weight excluding hydrogens is 332 g/mol. The average molecular weight is 351 g/mol. The second-order valence-corrected chi connectivity index (χ2v) is 5.32. The van der Waals surface area contributed by atoms with Crippen molar-refractivity contribution in [1.82, 2.24) is 4.98 Å². The Morgan fingerprint density at radius 3 is 2.57 bits per heavy atom. The molecule has 1 aromatic carbocycles. The van der Waals surface area contributed by atoms with Gasteiger partial charge in [0.15, 0.2) is 0 Å². The highest BCUT2D eigenvalue weighted by atomic mass is 79.9. The molecule has 5 heteroatoms. The molecule has 4 nitrogen and oxygen atoms in total. The summed E-state index contributed by atoms with van der Waals surface area (Å²) in [7, 11) is 3.32. The zero-order chi connectivity index (χ0) is 15.2. The molecular formula is C16H19BrN2O2. The molecule has 0 N–H and O–H groups in total. The number of methoxy groups -OCH3 is 2. The number of anilines is 1. The molecule has 0 atom stereocenters. The van der Waals surface area contributed by atoms with Gasteiger partial charge in [-0.05, 0) is 47.1 Å². The smallest absolute Gasteiger partial charge is 0.130 e. The summed E-state index contributed by atoms with van der Waals surface area (Å²) in [6.45, 7) is 3.70. The lowest BCUT2D eigenvalue weighted by Crippen LogP contribution is -2.23. The zero-order valence-corrected chi connectivity index (χ0v) is 14.1. The van der Waals surface area contributed by atoms with Crippen molar-refractivity contribution in [3.8, 4) is 11.5 Å². The lowest BCUT2D eigenvalue weighted by Gasteiger charge is -2.23. The summed E-state index contributed by atoms with van der Waals surface area (Å²) in [5.41, 5.74) is 1.10. The van der Waals surface area contributed by atoms with Crippen LogP contribution in [-0.2, 0) is 6.54 Å². The molecule has 1 aromatic heterocycles. The molecule has 0 aliphatic heterocycles. The summed E-state index contributed by atoms with van der Waals surface area (Å²) >= 11 is 3.41. The van der Waals surface area contributed by atoms with E-state index >= 15 is 0 Å². The molecule has 0 saturated heterocycles. The van der Waals surface area contributed by atoms with E-state index in [1.807, 2.05) is 36.4 Å². The predicted molar refractivity (Wildman–Crippen MR) is 88.2 cm³/mol. The van der Waals surface area contributed by atoms with Gasteiger partial charge in [-0.15, -0.1) is 0 Å². The molecule has 0 aliphatic rings. The van der Waals surface area contributed by atoms with Gasteiger partial charge in [-0.3, -0.25) is 0 Å². The molecule has 0 radical (unpaired) electrons. The maximum atomic E-state index is 5.46. The van der Waals surface area contributed by atoms with Crippen molar-refractivity contribution in [2.75, 3.05) is 25.7 Å². The molecule has 0 spiro atoms. The van der Waals surface area contributed by atoms with Gasteiger partial charge in [0, 0.05) is 24.7 Å². The molecule has 112 valence electrons. The number of halogens is 1. The summed E-state index contributed by atoms with van der Waals surface area (Å²) in [5.74, 6) is 2.55. The van der Waals surface area contributed by atoms with E-state index in [-0.39, 0.29) is 0 Å². The lowest BCUT2D eigenvalue weighted by molar-refractivity contribution is 0.391. The Bertz CT molecular complexity index is 605. The van der Waals surface area contributed by atoms with Crippen molar-refractivity contribution in [3.05, 3.63) is 46.6 Å². The third kappa shape index (κ3) is 3.88. The van der Waals surface area contributed by atoms with Crippen LogP contribution in [0.2, 0.25) is 0 Å². The van der Waals surface area contributed by atoms with Gasteiger partial charge in [0.25, 0.3) is 0 Å². The van der Waals surface area contributed by atoms with Gasteiger partial charge in [0.05, 0.1) is 14.2 Å². The second kappa shape index (κ2) is 7.31. The number of aromatic nitrogens is 1. The van der Waals surface area contributed by atoms with Crippen molar-refractivity contribution in [2.45, 2.75) is 13.5 Å². The van der Waals surface area contributed by atoms with E-state index < -0.39 is 0 Å². The number of hydrogen-bond acceptors (Lipinski definition) is 4. The molecule has 2 aromatic rings. The number of rotatable bonds is 6. The van der Waals surface area contributed by atoms with E-state index in [1.54, 1.807) is 14.2 Å². The van der Waals surface area contributed by atoms with Crippen molar-refractivity contribution in [3.63, 3.8) is 0 Å². The molecule has 0 unspecified atom stereocenters. The SMILES string of the molecule is CCN(Cc1ccc(OC)cc1OC)c1cccc(Br)n1. The first-order chi connectivity index (χ1) is 10.2. The molecule has 0 bridgehead atoms. The summed E-state index contributed by atoms with van der Waals surface area (Å²) in [4.78, 5) is 6.70.